The van der Waals surface area contributed by atoms with Gasteiger partial charge in [-0.25, -0.2) is 0 Å². The Kier molecular flexibility index (Phi) is 4.35. The predicted octanol–water partition coefficient (Wildman–Crippen LogP) is 3.81. The van der Waals surface area contributed by atoms with Gasteiger partial charge in [0.1, 0.15) is 5.76 Å². The molecule has 0 bridgehead atoms. The number of amides is 1. The average molecular weight is 293 g/mol. The first-order valence-corrected chi connectivity index (χ1v) is 6.68. The lowest BCUT2D eigenvalue weighted by atomic mass is 10.1. The van der Waals surface area contributed by atoms with Gasteiger partial charge in [-0.15, -0.1) is 0 Å². The number of carbonyl (C=O) groups is 1. The Bertz CT molecular complexity index is 594. The second kappa shape index (κ2) is 6.01. The summed E-state index contributed by atoms with van der Waals surface area (Å²) in [4.78, 5) is 13.7. The van der Waals surface area contributed by atoms with E-state index in [1.165, 1.54) is 4.90 Å². The Balaban J connectivity index is 2.30. The highest BCUT2D eigenvalue weighted by Gasteiger charge is 2.16. The van der Waals surface area contributed by atoms with Gasteiger partial charge in [-0.3, -0.25) is 4.79 Å². The number of nitrogens with zero attached hydrogens (tertiary/aromatic N) is 1. The predicted molar refractivity (Wildman–Crippen MR) is 80.2 cm³/mol. The fourth-order valence-electron chi connectivity index (χ4n) is 1.91. The van der Waals surface area contributed by atoms with Crippen molar-refractivity contribution in [3.05, 3.63) is 52.9 Å². The third-order valence-corrected chi connectivity index (χ3v) is 3.20. The molecule has 1 unspecified atom stereocenters. The molecule has 2 rings (SSSR count). The first-order valence-electron chi connectivity index (χ1n) is 6.30. The molecule has 1 atom stereocenters. The van der Waals surface area contributed by atoms with E-state index in [1.807, 2.05) is 19.1 Å². The molecule has 0 spiro atoms. The smallest absolute Gasteiger partial charge is 0.255 e. The Morgan fingerprint density at radius 2 is 2.10 bits per heavy atom. The summed E-state index contributed by atoms with van der Waals surface area (Å²) in [6.45, 7) is 1.96. The summed E-state index contributed by atoms with van der Waals surface area (Å²) in [5.74, 6) is 0.726. The van der Waals surface area contributed by atoms with E-state index in [1.54, 1.807) is 38.6 Å². The summed E-state index contributed by atoms with van der Waals surface area (Å²) in [5, 5.41) is 3.84. The van der Waals surface area contributed by atoms with Crippen LogP contribution in [0.3, 0.4) is 0 Å². The number of anilines is 1. The monoisotopic (exact) mass is 292 g/mol. The number of hydrogen-bond donors (Lipinski definition) is 1. The van der Waals surface area contributed by atoms with Gasteiger partial charge in [0.2, 0.25) is 0 Å². The molecule has 1 heterocycles. The number of rotatable bonds is 4. The largest absolute Gasteiger partial charge is 0.467 e. The highest BCUT2D eigenvalue weighted by molar-refractivity contribution is 6.31. The van der Waals surface area contributed by atoms with Gasteiger partial charge in [-0.2, -0.15) is 0 Å². The first-order chi connectivity index (χ1) is 9.49. The lowest BCUT2D eigenvalue weighted by molar-refractivity contribution is 0.0828. The van der Waals surface area contributed by atoms with Gasteiger partial charge >= 0.3 is 0 Å². The fraction of sp³-hybridized carbons (Fsp3) is 0.267. The lowest BCUT2D eigenvalue weighted by Gasteiger charge is -2.18. The van der Waals surface area contributed by atoms with E-state index in [4.69, 9.17) is 16.0 Å². The minimum atomic E-state index is -0.0733. The fourth-order valence-corrected chi connectivity index (χ4v) is 2.08. The molecule has 0 aliphatic carbocycles. The molecule has 20 heavy (non-hydrogen) atoms. The second-order valence-electron chi connectivity index (χ2n) is 4.77. The molecule has 106 valence electrons. The van der Waals surface area contributed by atoms with Crippen LogP contribution in [0.25, 0.3) is 0 Å². The number of hydrogen-bond acceptors (Lipinski definition) is 3. The highest BCUT2D eigenvalue weighted by atomic mass is 35.5. The highest BCUT2D eigenvalue weighted by Crippen LogP contribution is 2.26. The summed E-state index contributed by atoms with van der Waals surface area (Å²) >= 11 is 6.02. The van der Waals surface area contributed by atoms with Crippen LogP contribution in [0.5, 0.6) is 0 Å². The molecule has 2 aromatic rings. The van der Waals surface area contributed by atoms with Gasteiger partial charge in [0, 0.05) is 24.8 Å². The van der Waals surface area contributed by atoms with E-state index in [2.05, 4.69) is 5.32 Å². The maximum Gasteiger partial charge on any atom is 0.255 e. The Morgan fingerprint density at radius 1 is 1.35 bits per heavy atom. The molecular formula is C15H17ClN2O2. The van der Waals surface area contributed by atoms with Crippen molar-refractivity contribution in [2.24, 2.45) is 0 Å². The summed E-state index contributed by atoms with van der Waals surface area (Å²) in [5.41, 5.74) is 1.28. The van der Waals surface area contributed by atoms with Gasteiger partial charge < -0.3 is 14.6 Å². The van der Waals surface area contributed by atoms with Gasteiger partial charge in [0.15, 0.2) is 0 Å². The van der Waals surface area contributed by atoms with Crippen molar-refractivity contribution < 1.29 is 9.21 Å². The number of carbonyl (C=O) groups excluding carboxylic acids is 1. The summed E-state index contributed by atoms with van der Waals surface area (Å²) in [6.07, 6.45) is 1.62. The van der Waals surface area contributed by atoms with Crippen molar-refractivity contribution in [1.82, 2.24) is 4.90 Å². The number of halogens is 1. The van der Waals surface area contributed by atoms with E-state index in [-0.39, 0.29) is 11.9 Å². The molecule has 0 aliphatic rings. The maximum atomic E-state index is 12.2. The molecule has 1 N–H and O–H groups in total. The summed E-state index contributed by atoms with van der Waals surface area (Å²) in [7, 11) is 3.44. The Hall–Kier alpha value is -1.94. The topological polar surface area (TPSA) is 45.5 Å². The number of nitrogens with one attached hydrogen (secondary N) is 1. The van der Waals surface area contributed by atoms with Crippen LogP contribution in [0.15, 0.2) is 41.0 Å². The van der Waals surface area contributed by atoms with E-state index in [0.717, 1.165) is 5.76 Å². The van der Waals surface area contributed by atoms with Crippen molar-refractivity contribution in [2.45, 2.75) is 13.0 Å². The molecular weight excluding hydrogens is 276 g/mol. The Morgan fingerprint density at radius 3 is 2.70 bits per heavy atom. The van der Waals surface area contributed by atoms with Gasteiger partial charge in [0.05, 0.1) is 17.9 Å². The molecule has 0 fully saturated rings. The molecule has 0 aliphatic heterocycles. The molecule has 5 heteroatoms. The summed E-state index contributed by atoms with van der Waals surface area (Å²) < 4.78 is 5.35. The van der Waals surface area contributed by atoms with Crippen LogP contribution in [0, 0.1) is 0 Å². The molecule has 0 saturated heterocycles. The van der Waals surface area contributed by atoms with Gasteiger partial charge in [0.25, 0.3) is 5.91 Å². The minimum Gasteiger partial charge on any atom is -0.467 e. The Labute approximate surface area is 123 Å². The van der Waals surface area contributed by atoms with Crippen LogP contribution >= 0.6 is 11.6 Å². The quantitative estimate of drug-likeness (QED) is 0.932. The van der Waals surface area contributed by atoms with Crippen molar-refractivity contribution >= 4 is 23.2 Å². The van der Waals surface area contributed by atoms with Crippen LogP contribution in [0.4, 0.5) is 5.69 Å². The average Bonchev–Trinajstić information content (AvgIpc) is 2.92. The van der Waals surface area contributed by atoms with E-state index in [9.17, 15) is 4.79 Å². The number of furan rings is 1. The SMILES string of the molecule is CC(Nc1cc(Cl)ccc1C(=O)N(C)C)c1ccco1. The normalized spacial score (nSPS) is 12.0. The minimum absolute atomic E-state index is 0.0582. The second-order valence-corrected chi connectivity index (χ2v) is 5.21. The van der Waals surface area contributed by atoms with Crippen molar-refractivity contribution in [1.29, 1.82) is 0 Å². The third kappa shape index (κ3) is 3.14. The maximum absolute atomic E-state index is 12.2. The van der Waals surface area contributed by atoms with Crippen LogP contribution in [0.2, 0.25) is 5.02 Å². The lowest BCUT2D eigenvalue weighted by Crippen LogP contribution is -2.23. The zero-order valence-electron chi connectivity index (χ0n) is 11.7. The molecule has 1 aromatic carbocycles. The van der Waals surface area contributed by atoms with Gasteiger partial charge in [-0.05, 0) is 37.3 Å². The van der Waals surface area contributed by atoms with Crippen LogP contribution in [0.1, 0.15) is 29.1 Å². The van der Waals surface area contributed by atoms with Gasteiger partial charge in [-0.1, -0.05) is 11.6 Å². The molecule has 0 saturated carbocycles. The van der Waals surface area contributed by atoms with E-state index in [0.29, 0.717) is 16.3 Å². The molecule has 1 amide bonds. The zero-order chi connectivity index (χ0) is 14.7. The van der Waals surface area contributed by atoms with E-state index >= 15 is 0 Å². The van der Waals surface area contributed by atoms with Crippen LogP contribution < -0.4 is 5.32 Å². The van der Waals surface area contributed by atoms with Crippen LogP contribution in [-0.4, -0.2) is 24.9 Å². The van der Waals surface area contributed by atoms with Crippen molar-refractivity contribution in [3.63, 3.8) is 0 Å². The molecule has 4 nitrogen and oxygen atoms in total. The van der Waals surface area contributed by atoms with Crippen molar-refractivity contribution in [3.8, 4) is 0 Å². The third-order valence-electron chi connectivity index (χ3n) is 2.96. The summed E-state index contributed by atoms with van der Waals surface area (Å²) in [6, 6.07) is 8.84. The molecule has 1 aromatic heterocycles. The van der Waals surface area contributed by atoms with Crippen molar-refractivity contribution in [2.75, 3.05) is 19.4 Å². The first kappa shape index (κ1) is 14.5. The molecule has 0 radical (unpaired) electrons. The van der Waals surface area contributed by atoms with Crippen LogP contribution in [-0.2, 0) is 0 Å². The van der Waals surface area contributed by atoms with E-state index < -0.39 is 0 Å². The zero-order valence-corrected chi connectivity index (χ0v) is 12.4. The number of benzene rings is 1. The standard InChI is InChI=1S/C15H17ClN2O2/c1-10(14-5-4-8-20-14)17-13-9-11(16)6-7-12(13)15(19)18(2)3/h4-10,17H,1-3H3.